The Morgan fingerprint density at radius 2 is 0.595 bits per heavy atom. The second-order valence-corrected chi connectivity index (χ2v) is 34.0. The predicted octanol–water partition coefficient (Wildman–Crippen LogP) is -1.01. The fourth-order valence-corrected chi connectivity index (χ4v) is 12.4. The first-order valence-corrected chi connectivity index (χ1v) is 42.2. The molecule has 40 nitrogen and oxygen atoms in total. The fraction of sp³-hybridized carbons (Fsp3) is 0.765. The van der Waals surface area contributed by atoms with Gasteiger partial charge in [-0.1, -0.05) is 143 Å². The molecule has 0 saturated heterocycles. The number of hydrogen-bond acceptors (Lipinski definition) is 22. The van der Waals surface area contributed by atoms with E-state index in [4.69, 9.17) is 33.4 Å². The van der Waals surface area contributed by atoms with Gasteiger partial charge in [-0.2, -0.15) is 0 Å². The molecule has 121 heavy (non-hydrogen) atoms. The summed E-state index contributed by atoms with van der Waals surface area (Å²) in [5.41, 5.74) is 27.6. The van der Waals surface area contributed by atoms with E-state index in [1.54, 1.807) is 76.2 Å². The molecule has 0 fully saturated rings. The zero-order valence-electron chi connectivity index (χ0n) is 73.9. The van der Waals surface area contributed by atoms with Crippen molar-refractivity contribution in [1.29, 1.82) is 0 Å². The van der Waals surface area contributed by atoms with Crippen molar-refractivity contribution in [1.82, 2.24) is 69.1 Å². The molecular formula is C81H144N18O22. The van der Waals surface area contributed by atoms with Crippen LogP contribution in [0, 0.1) is 47.3 Å². The van der Waals surface area contributed by atoms with Crippen LogP contribution in [0.5, 0.6) is 0 Å². The Balaban J connectivity index is 7.52. The third-order valence-electron chi connectivity index (χ3n) is 19.4. The molecule has 0 saturated carbocycles. The minimum Gasteiger partial charge on any atom is -0.481 e. The lowest BCUT2D eigenvalue weighted by atomic mass is 9.98. The molecule has 15 atom stereocenters. The van der Waals surface area contributed by atoms with Crippen LogP contribution < -0.4 is 97.8 Å². The van der Waals surface area contributed by atoms with E-state index in [9.17, 15) is 101 Å². The molecule has 0 aromatic carbocycles. The summed E-state index contributed by atoms with van der Waals surface area (Å²) in [4.78, 5) is 260. The maximum absolute atomic E-state index is 14.8. The lowest BCUT2D eigenvalue weighted by Gasteiger charge is -2.30. The Morgan fingerprint density at radius 1 is 0.314 bits per heavy atom. The number of carbonyl (C=O) groups excluding carboxylic acids is 18. The lowest BCUT2D eigenvalue weighted by Crippen LogP contribution is -2.62. The number of ether oxygens (including phenoxy) is 1. The smallest absolute Gasteiger partial charge is 0.306 e. The molecular weight excluding hydrogens is 1580 g/mol. The second-order valence-electron chi connectivity index (χ2n) is 34.0. The topological polar surface area (TPSA) is 661 Å². The van der Waals surface area contributed by atoms with Crippen LogP contribution in [0.1, 0.15) is 259 Å². The van der Waals surface area contributed by atoms with E-state index in [2.05, 4.69) is 69.1 Å². The van der Waals surface area contributed by atoms with Gasteiger partial charge in [-0.15, -0.1) is 0 Å². The normalized spacial score (nSPS) is 15.2. The molecule has 0 aliphatic rings. The molecule has 0 heterocycles. The highest BCUT2D eigenvalue weighted by molar-refractivity contribution is 6.01. The van der Waals surface area contributed by atoms with E-state index >= 15 is 0 Å². The third kappa shape index (κ3) is 47.6. The van der Waals surface area contributed by atoms with Gasteiger partial charge in [-0.25, -0.2) is 0 Å². The predicted molar refractivity (Wildman–Crippen MR) is 447 cm³/mol. The maximum Gasteiger partial charge on any atom is 0.306 e. The van der Waals surface area contributed by atoms with Gasteiger partial charge >= 0.3 is 11.9 Å². The zero-order valence-corrected chi connectivity index (χ0v) is 73.9. The van der Waals surface area contributed by atoms with Gasteiger partial charge in [0.15, 0.2) is 0 Å². The summed E-state index contributed by atoms with van der Waals surface area (Å²) in [6.45, 7) is 28.1. The number of aliphatic hydroxyl groups is 1. The summed E-state index contributed by atoms with van der Waals surface area (Å²) >= 11 is 0. The van der Waals surface area contributed by atoms with Crippen molar-refractivity contribution >= 4 is 112 Å². The number of unbranched alkanes of at least 4 members (excludes halogenated alkanes) is 3. The van der Waals surface area contributed by atoms with Crippen molar-refractivity contribution in [3.63, 3.8) is 0 Å². The number of hydrogen-bond donors (Lipinski definition) is 20. The van der Waals surface area contributed by atoms with Crippen LogP contribution in [0.15, 0.2) is 0 Å². The monoisotopic (exact) mass is 1720 g/mol. The quantitative estimate of drug-likeness (QED) is 0.0197. The average Bonchev–Trinajstić information content (AvgIpc) is 0.852. The average molecular weight is 1720 g/mol. The molecule has 40 heteroatoms. The Labute approximate surface area is 711 Å². The van der Waals surface area contributed by atoms with Crippen molar-refractivity contribution in [3.8, 4) is 0 Å². The van der Waals surface area contributed by atoms with Gasteiger partial charge in [0.2, 0.25) is 100 Å². The number of primary amides is 4. The van der Waals surface area contributed by atoms with Crippen LogP contribution in [-0.2, 0) is 95.8 Å². The largest absolute Gasteiger partial charge is 0.481 e. The molecule has 0 spiro atoms. The number of nitrogens with two attached hydrogens (primary N) is 5. The zero-order chi connectivity index (χ0) is 92.8. The van der Waals surface area contributed by atoms with Crippen molar-refractivity contribution in [2.45, 2.75) is 344 Å². The summed E-state index contributed by atoms with van der Waals surface area (Å²) < 4.78 is 5.54. The maximum atomic E-state index is 14.8. The van der Waals surface area contributed by atoms with Crippen LogP contribution in [0.3, 0.4) is 0 Å². The SMILES string of the molecule is CCCCCCC(=O)N[C@@H](CC(C)C)C(=O)N[C@H](CCC(=O)O)C(=O)N[C@H](CCC(N)=O)C(=O)N[C@@H](C(=O)N[C@H](CC(C)C)C(=O)N[C@@H](CCC(N)=O)C(=O)N[C@H](COC(=O)C[C@@H](C)CC)C(=O)N[C@@H](C(=O)N[C@H](CC(C)C)C(=O)N[C@H](CCC(N)=O)C(=O)N[C@@H](CC(C)C)C(=O)N[C@@H](CC(C)C)C(=O)N[C@H](CCC(N)O)C(N)=O)C(C)C)C(C)C. The number of carboxylic acid groups (broad SMARTS) is 1. The minimum atomic E-state index is -1.90. The molecule has 0 rings (SSSR count). The molecule has 0 aliphatic heterocycles. The van der Waals surface area contributed by atoms with E-state index in [0.717, 1.165) is 19.3 Å². The van der Waals surface area contributed by atoms with Crippen LogP contribution in [-0.4, -0.2) is 214 Å². The number of esters is 1. The van der Waals surface area contributed by atoms with Crippen molar-refractivity contribution in [2.24, 2.45) is 76.0 Å². The van der Waals surface area contributed by atoms with E-state index in [1.807, 2.05) is 13.8 Å². The van der Waals surface area contributed by atoms with Crippen LogP contribution >= 0.6 is 0 Å². The Kier molecular flexibility index (Phi) is 53.1. The Hall–Kier alpha value is -10.1. The van der Waals surface area contributed by atoms with E-state index in [-0.39, 0.29) is 87.4 Å². The lowest BCUT2D eigenvalue weighted by molar-refractivity contribution is -0.148. The van der Waals surface area contributed by atoms with Crippen molar-refractivity contribution in [2.75, 3.05) is 6.61 Å². The minimum absolute atomic E-state index is 0.0285. The molecule has 1 unspecified atom stereocenters. The van der Waals surface area contributed by atoms with Gasteiger partial charge in [0, 0.05) is 38.5 Å². The van der Waals surface area contributed by atoms with Crippen molar-refractivity contribution < 1.29 is 106 Å². The highest BCUT2D eigenvalue weighted by Gasteiger charge is 2.40. The molecule has 0 aliphatic carbocycles. The standard InChI is InChI=1S/C81H144N18O22/c1-18-20-21-22-23-64(104)87-54(34-41(3)4)74(113)92-53(28-33-65(105)106)70(109)89-52(27-32-63(85)103)73(112)98-67(46(13)14)80(119)95-58(38-45(11)12)77(116)91-51(26-31-62(84)102)72(111)97-59(40-121-66(107)39-48(17)19-2)79(118)99-68(47(15)16)81(120)96-57(37-44(9)10)76(115)90-50(25-30-61(83)101)71(110)93-56(36-43(7)8)78(117)94-55(35-42(5)6)75(114)88-49(69(86)108)24-29-60(82)100/h41-60,67-68,100H,18-40,82H2,1-17H3,(H2,83,101)(H2,84,102)(H2,85,103)(H2,86,108)(H,87,104)(H,88,114)(H,89,109)(H,90,115)(H,91,116)(H,92,113)(H,93,110)(H,94,117)(H,95,119)(H,96,120)(H,97,111)(H,98,112)(H,99,118)(H,105,106)/t48-,49+,50+,51-,52+,53+,54-,55-,56-,57+,58+,59+,60?,67+,68+/m0/s1. The highest BCUT2D eigenvalue weighted by atomic mass is 16.5. The first-order valence-electron chi connectivity index (χ1n) is 42.2. The van der Waals surface area contributed by atoms with Crippen LogP contribution in [0.2, 0.25) is 0 Å². The Morgan fingerprint density at radius 3 is 0.884 bits per heavy atom. The highest BCUT2D eigenvalue weighted by Crippen LogP contribution is 2.18. The number of aliphatic hydroxyl groups excluding tert-OH is 1. The summed E-state index contributed by atoms with van der Waals surface area (Å²) in [5.74, 6) is -21.5. The number of carboxylic acids is 1. The van der Waals surface area contributed by atoms with Gasteiger partial charge in [-0.3, -0.25) is 91.1 Å². The summed E-state index contributed by atoms with van der Waals surface area (Å²) in [6.07, 6.45) is -2.18. The molecule has 690 valence electrons. The summed E-state index contributed by atoms with van der Waals surface area (Å²) in [7, 11) is 0. The third-order valence-corrected chi connectivity index (χ3v) is 19.4. The molecule has 25 N–H and O–H groups in total. The fourth-order valence-electron chi connectivity index (χ4n) is 12.4. The second kappa shape index (κ2) is 58.0. The van der Waals surface area contributed by atoms with Gasteiger partial charge in [0.25, 0.3) is 0 Å². The molecule has 17 amide bonds. The first kappa shape index (κ1) is 111. The molecule has 0 aromatic heterocycles. The van der Waals surface area contributed by atoms with Crippen LogP contribution in [0.25, 0.3) is 0 Å². The molecule has 0 bridgehead atoms. The van der Waals surface area contributed by atoms with E-state index in [0.29, 0.717) is 12.8 Å². The molecule has 0 radical (unpaired) electrons. The first-order chi connectivity index (χ1) is 56.3. The van der Waals surface area contributed by atoms with Crippen molar-refractivity contribution in [3.05, 3.63) is 0 Å². The van der Waals surface area contributed by atoms with Gasteiger partial charge in [-0.05, 0) is 124 Å². The number of carbonyl (C=O) groups is 19. The number of rotatable bonds is 63. The Bertz CT molecular complexity index is 3430. The van der Waals surface area contributed by atoms with Gasteiger partial charge in [0.05, 0.1) is 0 Å². The number of aliphatic carboxylic acids is 1. The van der Waals surface area contributed by atoms with Gasteiger partial charge < -0.3 is 113 Å². The van der Waals surface area contributed by atoms with Crippen LogP contribution in [0.4, 0.5) is 0 Å². The molecule has 0 aromatic rings. The number of amides is 17. The summed E-state index contributed by atoms with van der Waals surface area (Å²) in [5, 5.41) is 52.5. The number of nitrogens with one attached hydrogen (secondary N) is 13. The van der Waals surface area contributed by atoms with E-state index in [1.165, 1.54) is 27.7 Å². The van der Waals surface area contributed by atoms with E-state index < -0.39 is 273 Å². The summed E-state index contributed by atoms with van der Waals surface area (Å²) in [6, 6.07) is -19.9. The van der Waals surface area contributed by atoms with Gasteiger partial charge in [0.1, 0.15) is 91.4 Å².